The topological polar surface area (TPSA) is 66.6 Å². The van der Waals surface area contributed by atoms with Crippen LogP contribution < -0.4 is 10.6 Å². The number of nitrogens with zero attached hydrogens (tertiary/aromatic N) is 4. The van der Waals surface area contributed by atoms with Crippen molar-refractivity contribution < 1.29 is 0 Å². The molecule has 1 atom stereocenters. The molecule has 0 saturated carbocycles. The molecular formula is C18H31IN6. The molecule has 0 bridgehead atoms. The van der Waals surface area contributed by atoms with Gasteiger partial charge in [0.25, 0.3) is 0 Å². The second-order valence-corrected chi connectivity index (χ2v) is 6.19. The van der Waals surface area contributed by atoms with Gasteiger partial charge in [0.1, 0.15) is 5.82 Å². The molecule has 2 aromatic heterocycles. The van der Waals surface area contributed by atoms with Crippen LogP contribution >= 0.6 is 24.0 Å². The Morgan fingerprint density at radius 2 is 2.08 bits per heavy atom. The number of guanidine groups is 1. The number of aromatic nitrogens is 3. The first-order valence-corrected chi connectivity index (χ1v) is 9.00. The van der Waals surface area contributed by atoms with Crippen LogP contribution in [-0.2, 0) is 6.42 Å². The maximum Gasteiger partial charge on any atom is 0.191 e. The fraction of sp³-hybridized carbons (Fsp3) is 0.611. The number of hydrogen-bond donors (Lipinski definition) is 2. The van der Waals surface area contributed by atoms with E-state index < -0.39 is 0 Å². The minimum absolute atomic E-state index is 0. The van der Waals surface area contributed by atoms with Crippen LogP contribution in [0.15, 0.2) is 29.4 Å². The first-order chi connectivity index (χ1) is 11.7. The molecule has 2 aromatic rings. The van der Waals surface area contributed by atoms with Gasteiger partial charge in [-0.15, -0.1) is 34.2 Å². The van der Waals surface area contributed by atoms with E-state index in [4.69, 9.17) is 0 Å². The lowest BCUT2D eigenvalue weighted by atomic mass is 10.1. The molecule has 0 aliphatic carbocycles. The van der Waals surface area contributed by atoms with Crippen molar-refractivity contribution in [2.24, 2.45) is 4.99 Å². The molecule has 25 heavy (non-hydrogen) atoms. The monoisotopic (exact) mass is 458 g/mol. The van der Waals surface area contributed by atoms with E-state index in [0.717, 1.165) is 36.8 Å². The molecule has 0 saturated heterocycles. The van der Waals surface area contributed by atoms with Crippen LogP contribution in [0.5, 0.6) is 0 Å². The Balaban J connectivity index is 0.00000312. The van der Waals surface area contributed by atoms with Gasteiger partial charge in [0.05, 0.1) is 0 Å². The van der Waals surface area contributed by atoms with Crippen LogP contribution in [0.1, 0.15) is 51.8 Å². The Morgan fingerprint density at radius 3 is 2.84 bits per heavy atom. The summed E-state index contributed by atoms with van der Waals surface area (Å²) in [5.74, 6) is 1.88. The van der Waals surface area contributed by atoms with Crippen molar-refractivity contribution in [1.82, 2.24) is 25.2 Å². The molecule has 0 amide bonds. The molecule has 0 aliphatic rings. The number of rotatable bonds is 9. The van der Waals surface area contributed by atoms with Crippen molar-refractivity contribution in [3.63, 3.8) is 0 Å². The van der Waals surface area contributed by atoms with E-state index in [1.807, 2.05) is 35.8 Å². The van der Waals surface area contributed by atoms with Gasteiger partial charge in [-0.25, -0.2) is 0 Å². The minimum Gasteiger partial charge on any atom is -0.356 e. The lowest BCUT2D eigenvalue weighted by molar-refractivity contribution is 0.546. The zero-order valence-corrected chi connectivity index (χ0v) is 17.9. The number of nitrogens with one attached hydrogen (secondary N) is 2. The lowest BCUT2D eigenvalue weighted by Crippen LogP contribution is -2.42. The summed E-state index contributed by atoms with van der Waals surface area (Å²) in [6.45, 7) is 5.31. The van der Waals surface area contributed by atoms with Gasteiger partial charge in [-0.05, 0) is 31.9 Å². The van der Waals surface area contributed by atoms with Crippen LogP contribution in [0.4, 0.5) is 0 Å². The van der Waals surface area contributed by atoms with E-state index in [1.54, 1.807) is 0 Å². The Hall–Kier alpha value is -1.38. The maximum atomic E-state index is 4.30. The van der Waals surface area contributed by atoms with Crippen molar-refractivity contribution in [3.8, 4) is 0 Å². The first-order valence-electron chi connectivity index (χ1n) is 9.00. The summed E-state index contributed by atoms with van der Waals surface area (Å²) < 4.78 is 2.04. The quantitative estimate of drug-likeness (QED) is 0.262. The third kappa shape index (κ3) is 7.17. The van der Waals surface area contributed by atoms with Gasteiger partial charge in [0, 0.05) is 32.3 Å². The molecule has 0 fully saturated rings. The van der Waals surface area contributed by atoms with E-state index >= 15 is 0 Å². The van der Waals surface area contributed by atoms with E-state index in [0.29, 0.717) is 6.04 Å². The van der Waals surface area contributed by atoms with Gasteiger partial charge in [-0.3, -0.25) is 9.39 Å². The Morgan fingerprint density at radius 1 is 1.24 bits per heavy atom. The van der Waals surface area contributed by atoms with Crippen molar-refractivity contribution in [2.45, 2.75) is 58.4 Å². The predicted molar refractivity (Wildman–Crippen MR) is 115 cm³/mol. The number of fused-ring (bicyclic) bond motifs is 1. The average Bonchev–Trinajstić information content (AvgIpc) is 3.01. The number of hydrogen-bond acceptors (Lipinski definition) is 3. The van der Waals surface area contributed by atoms with Gasteiger partial charge >= 0.3 is 0 Å². The predicted octanol–water partition coefficient (Wildman–Crippen LogP) is 3.41. The number of aliphatic imine (C=N–C) groups is 1. The summed E-state index contributed by atoms with van der Waals surface area (Å²) in [6, 6.07) is 6.40. The fourth-order valence-corrected chi connectivity index (χ4v) is 2.72. The van der Waals surface area contributed by atoms with Crippen LogP contribution in [0.2, 0.25) is 0 Å². The lowest BCUT2D eigenvalue weighted by Gasteiger charge is -2.17. The van der Waals surface area contributed by atoms with Gasteiger partial charge in [0.15, 0.2) is 11.6 Å². The third-order valence-electron chi connectivity index (χ3n) is 4.10. The van der Waals surface area contributed by atoms with Crippen molar-refractivity contribution in [3.05, 3.63) is 30.2 Å². The van der Waals surface area contributed by atoms with E-state index in [-0.39, 0.29) is 24.0 Å². The number of pyridine rings is 1. The largest absolute Gasteiger partial charge is 0.356 e. The molecular weight excluding hydrogens is 427 g/mol. The molecule has 6 nitrogen and oxygen atoms in total. The van der Waals surface area contributed by atoms with Crippen LogP contribution in [0.25, 0.3) is 5.65 Å². The van der Waals surface area contributed by atoms with E-state index in [9.17, 15) is 0 Å². The van der Waals surface area contributed by atoms with Gasteiger partial charge < -0.3 is 10.6 Å². The smallest absolute Gasteiger partial charge is 0.191 e. The molecule has 2 heterocycles. The molecule has 0 aromatic carbocycles. The number of aryl methyl sites for hydroxylation is 1. The Bertz CT molecular complexity index is 639. The first kappa shape index (κ1) is 21.7. The second kappa shape index (κ2) is 12.1. The highest BCUT2D eigenvalue weighted by atomic mass is 127. The summed E-state index contributed by atoms with van der Waals surface area (Å²) in [5.41, 5.74) is 0.902. The zero-order chi connectivity index (χ0) is 17.2. The summed E-state index contributed by atoms with van der Waals surface area (Å²) in [5, 5.41) is 15.3. The Kier molecular flexibility index (Phi) is 10.4. The second-order valence-electron chi connectivity index (χ2n) is 6.19. The van der Waals surface area contributed by atoms with Crippen LogP contribution in [0, 0.1) is 0 Å². The van der Waals surface area contributed by atoms with Crippen LogP contribution in [-0.4, -0.2) is 40.2 Å². The fourth-order valence-electron chi connectivity index (χ4n) is 2.72. The third-order valence-corrected chi connectivity index (χ3v) is 4.10. The highest BCUT2D eigenvalue weighted by Crippen LogP contribution is 2.05. The van der Waals surface area contributed by atoms with Gasteiger partial charge in [-0.2, -0.15) is 0 Å². The van der Waals surface area contributed by atoms with Crippen molar-refractivity contribution >= 4 is 35.6 Å². The molecule has 2 rings (SSSR count). The molecule has 7 heteroatoms. The van der Waals surface area contributed by atoms with E-state index in [2.05, 4.69) is 39.7 Å². The molecule has 2 N–H and O–H groups in total. The number of halogens is 1. The highest BCUT2D eigenvalue weighted by Gasteiger charge is 2.06. The van der Waals surface area contributed by atoms with Crippen molar-refractivity contribution in [2.75, 3.05) is 13.6 Å². The maximum absolute atomic E-state index is 4.30. The summed E-state index contributed by atoms with van der Waals surface area (Å²) in [4.78, 5) is 4.30. The average molecular weight is 458 g/mol. The normalized spacial score (nSPS) is 12.7. The van der Waals surface area contributed by atoms with Gasteiger partial charge in [-0.1, -0.05) is 32.3 Å². The molecule has 0 radical (unpaired) electrons. The molecule has 0 aliphatic heterocycles. The SMILES string of the molecule is CCCCCC(C)NC(=NC)NCCCc1nnc2ccccn12.I. The minimum atomic E-state index is 0. The summed E-state index contributed by atoms with van der Waals surface area (Å²) in [7, 11) is 1.82. The standard InChI is InChI=1S/C18H30N6.HI/c1-4-5-6-10-15(2)21-18(19-3)20-13-9-12-17-23-22-16-11-7-8-14-24(16)17;/h7-8,11,14-15H,4-6,9-10,12-13H2,1-3H3,(H2,19,20,21);1H. The van der Waals surface area contributed by atoms with Crippen LogP contribution in [0.3, 0.4) is 0 Å². The van der Waals surface area contributed by atoms with E-state index in [1.165, 1.54) is 25.7 Å². The highest BCUT2D eigenvalue weighted by molar-refractivity contribution is 14.0. The number of unbranched alkanes of at least 4 members (excludes halogenated alkanes) is 2. The zero-order valence-electron chi connectivity index (χ0n) is 15.5. The Labute approximate surface area is 167 Å². The van der Waals surface area contributed by atoms with Crippen molar-refractivity contribution in [1.29, 1.82) is 0 Å². The molecule has 0 spiro atoms. The molecule has 140 valence electrons. The summed E-state index contributed by atoms with van der Waals surface area (Å²) >= 11 is 0. The van der Waals surface area contributed by atoms with Gasteiger partial charge in [0.2, 0.25) is 0 Å². The molecule has 1 unspecified atom stereocenters. The summed E-state index contributed by atoms with van der Waals surface area (Å²) in [6.07, 6.45) is 8.89.